The summed E-state index contributed by atoms with van der Waals surface area (Å²) >= 11 is 0. The molecule has 19 heavy (non-hydrogen) atoms. The number of aromatic nitrogens is 2. The van der Waals surface area contributed by atoms with Crippen LogP contribution in [0.5, 0.6) is 0 Å². The van der Waals surface area contributed by atoms with Gasteiger partial charge >= 0.3 is 0 Å². The molecule has 0 aromatic carbocycles. The number of aryl methyl sites for hydroxylation is 2. The first-order chi connectivity index (χ1) is 8.87. The lowest BCUT2D eigenvalue weighted by atomic mass is 10.2. The molecule has 1 heterocycles. The van der Waals surface area contributed by atoms with E-state index in [-0.39, 0.29) is 5.75 Å². The van der Waals surface area contributed by atoms with Crippen molar-refractivity contribution in [2.24, 2.45) is 7.05 Å². The zero-order valence-electron chi connectivity index (χ0n) is 12.2. The Balaban J connectivity index is 2.51. The minimum absolute atomic E-state index is 0.174. The van der Waals surface area contributed by atoms with Crippen molar-refractivity contribution in [3.8, 4) is 0 Å². The Hall–Kier alpha value is -0.920. The first-order valence-electron chi connectivity index (χ1n) is 6.48. The zero-order chi connectivity index (χ0) is 14.5. The summed E-state index contributed by atoms with van der Waals surface area (Å²) in [6.07, 6.45) is 1.53. The molecule has 0 aliphatic heterocycles. The van der Waals surface area contributed by atoms with Gasteiger partial charge in [0.15, 0.2) is 0 Å². The number of sulfonamides is 1. The molecule has 1 rings (SSSR count). The summed E-state index contributed by atoms with van der Waals surface area (Å²) in [6, 6.07) is 0. The molecule has 6 nitrogen and oxygen atoms in total. The fourth-order valence-electron chi connectivity index (χ4n) is 1.92. The number of unbranched alkanes of at least 4 members (excludes halogenated alkanes) is 1. The van der Waals surface area contributed by atoms with E-state index in [1.807, 2.05) is 27.9 Å². The number of hydrogen-bond donors (Lipinski definition) is 2. The Morgan fingerprint density at radius 1 is 1.26 bits per heavy atom. The highest BCUT2D eigenvalue weighted by atomic mass is 32.2. The second-order valence-corrected chi connectivity index (χ2v) is 6.65. The molecule has 0 unspecified atom stereocenters. The first-order valence-corrected chi connectivity index (χ1v) is 8.13. The lowest BCUT2D eigenvalue weighted by Crippen LogP contribution is -2.26. The van der Waals surface area contributed by atoms with Crippen LogP contribution in [0.1, 0.15) is 29.8 Å². The molecule has 0 amide bonds. The van der Waals surface area contributed by atoms with Crippen LogP contribution in [0.3, 0.4) is 0 Å². The summed E-state index contributed by atoms with van der Waals surface area (Å²) in [5.41, 5.74) is 2.83. The smallest absolute Gasteiger partial charge is 0.211 e. The second kappa shape index (κ2) is 7.02. The maximum Gasteiger partial charge on any atom is 0.211 e. The van der Waals surface area contributed by atoms with Crippen LogP contribution in [0.2, 0.25) is 0 Å². The van der Waals surface area contributed by atoms with Crippen molar-refractivity contribution >= 4 is 10.0 Å². The molecule has 1 aromatic rings. The fraction of sp³-hybridized carbons (Fsp3) is 0.750. The summed E-state index contributed by atoms with van der Waals surface area (Å²) in [6.45, 7) is 5.00. The van der Waals surface area contributed by atoms with Crippen molar-refractivity contribution in [2.75, 3.05) is 19.3 Å². The minimum atomic E-state index is -3.20. The van der Waals surface area contributed by atoms with Crippen molar-refractivity contribution in [2.45, 2.75) is 33.2 Å². The third-order valence-corrected chi connectivity index (χ3v) is 4.63. The summed E-state index contributed by atoms with van der Waals surface area (Å²) < 4.78 is 28.1. The molecule has 1 aromatic heterocycles. The molecule has 0 aliphatic carbocycles. The van der Waals surface area contributed by atoms with Crippen molar-refractivity contribution in [1.82, 2.24) is 19.8 Å². The van der Waals surface area contributed by atoms with Gasteiger partial charge in [-0.05, 0) is 40.3 Å². The Bertz CT molecular complexity index is 508. The van der Waals surface area contributed by atoms with Gasteiger partial charge in [-0.15, -0.1) is 0 Å². The molecule has 7 heteroatoms. The molecule has 0 spiro atoms. The normalized spacial score (nSPS) is 12.0. The van der Waals surface area contributed by atoms with Gasteiger partial charge in [-0.2, -0.15) is 5.10 Å². The van der Waals surface area contributed by atoms with Crippen molar-refractivity contribution in [3.05, 3.63) is 17.0 Å². The van der Waals surface area contributed by atoms with Crippen LogP contribution in [0.25, 0.3) is 0 Å². The van der Waals surface area contributed by atoms with Gasteiger partial charge in [0.1, 0.15) is 0 Å². The molecular weight excluding hydrogens is 264 g/mol. The molecule has 0 atom stereocenters. The van der Waals surface area contributed by atoms with Gasteiger partial charge in [-0.25, -0.2) is 13.1 Å². The minimum Gasteiger partial charge on any atom is -0.320 e. The van der Waals surface area contributed by atoms with Crippen LogP contribution >= 0.6 is 0 Å². The summed E-state index contributed by atoms with van der Waals surface area (Å²) in [4.78, 5) is 0. The van der Waals surface area contributed by atoms with Gasteiger partial charge in [-0.1, -0.05) is 0 Å². The van der Waals surface area contributed by atoms with Crippen LogP contribution in [0.15, 0.2) is 0 Å². The van der Waals surface area contributed by atoms with E-state index in [9.17, 15) is 8.42 Å². The largest absolute Gasteiger partial charge is 0.320 e. The van der Waals surface area contributed by atoms with E-state index in [1.165, 1.54) is 0 Å². The van der Waals surface area contributed by atoms with E-state index < -0.39 is 10.0 Å². The SMILES string of the molecule is CNCCCCS(=O)(=O)NCc1c(C)nn(C)c1C. The molecular formula is C12H24N4O2S. The molecule has 2 N–H and O–H groups in total. The molecule has 0 radical (unpaired) electrons. The van der Waals surface area contributed by atoms with E-state index in [0.29, 0.717) is 13.0 Å². The van der Waals surface area contributed by atoms with Gasteiger partial charge in [0.25, 0.3) is 0 Å². The van der Waals surface area contributed by atoms with Crippen molar-refractivity contribution in [3.63, 3.8) is 0 Å². The Morgan fingerprint density at radius 2 is 1.95 bits per heavy atom. The average molecular weight is 288 g/mol. The number of nitrogens with zero attached hydrogens (tertiary/aromatic N) is 2. The fourth-order valence-corrected chi connectivity index (χ4v) is 3.01. The zero-order valence-corrected chi connectivity index (χ0v) is 13.0. The Morgan fingerprint density at radius 3 is 2.47 bits per heavy atom. The topological polar surface area (TPSA) is 76.0 Å². The van der Waals surface area contributed by atoms with Crippen LogP contribution in [-0.4, -0.2) is 37.5 Å². The van der Waals surface area contributed by atoms with E-state index >= 15 is 0 Å². The van der Waals surface area contributed by atoms with Crippen LogP contribution in [0.4, 0.5) is 0 Å². The molecule has 0 bridgehead atoms. The average Bonchev–Trinajstić information content (AvgIpc) is 2.57. The van der Waals surface area contributed by atoms with Gasteiger partial charge in [0, 0.05) is 24.8 Å². The van der Waals surface area contributed by atoms with E-state index in [4.69, 9.17) is 0 Å². The molecule has 0 saturated carbocycles. The molecule has 0 fully saturated rings. The van der Waals surface area contributed by atoms with Gasteiger partial charge < -0.3 is 5.32 Å². The highest BCUT2D eigenvalue weighted by Gasteiger charge is 2.14. The number of nitrogens with one attached hydrogen (secondary N) is 2. The van der Waals surface area contributed by atoms with E-state index in [1.54, 1.807) is 4.68 Å². The maximum absolute atomic E-state index is 11.8. The van der Waals surface area contributed by atoms with Crippen LogP contribution in [-0.2, 0) is 23.6 Å². The molecule has 0 saturated heterocycles. The summed E-state index contributed by atoms with van der Waals surface area (Å²) in [5.74, 6) is 0.174. The standard InChI is InChI=1S/C12H24N4O2S/c1-10-12(11(2)16(4)15-10)9-14-19(17,18)8-6-5-7-13-3/h13-14H,5-9H2,1-4H3. The first kappa shape index (κ1) is 16.1. The second-order valence-electron chi connectivity index (χ2n) is 4.72. The lowest BCUT2D eigenvalue weighted by molar-refractivity contribution is 0.575. The van der Waals surface area contributed by atoms with Gasteiger partial charge in [0.05, 0.1) is 11.4 Å². The Kier molecular flexibility index (Phi) is 5.96. The Labute approximate surface area is 115 Å². The maximum atomic E-state index is 11.8. The third kappa shape index (κ3) is 4.93. The lowest BCUT2D eigenvalue weighted by Gasteiger charge is -2.07. The quantitative estimate of drug-likeness (QED) is 0.681. The van der Waals surface area contributed by atoms with E-state index in [2.05, 4.69) is 15.1 Å². The molecule has 110 valence electrons. The highest BCUT2D eigenvalue weighted by molar-refractivity contribution is 7.89. The van der Waals surface area contributed by atoms with Crippen molar-refractivity contribution in [1.29, 1.82) is 0 Å². The third-order valence-electron chi connectivity index (χ3n) is 3.22. The van der Waals surface area contributed by atoms with Gasteiger partial charge in [0.2, 0.25) is 10.0 Å². The summed E-state index contributed by atoms with van der Waals surface area (Å²) in [7, 11) is 0.522. The van der Waals surface area contributed by atoms with Crippen LogP contribution in [0, 0.1) is 13.8 Å². The number of rotatable bonds is 8. The van der Waals surface area contributed by atoms with Gasteiger partial charge in [-0.3, -0.25) is 4.68 Å². The monoisotopic (exact) mass is 288 g/mol. The highest BCUT2D eigenvalue weighted by Crippen LogP contribution is 2.11. The van der Waals surface area contributed by atoms with Crippen LogP contribution < -0.4 is 10.0 Å². The predicted molar refractivity (Wildman–Crippen MR) is 76.5 cm³/mol. The molecule has 0 aliphatic rings. The predicted octanol–water partition coefficient (Wildman–Crippen LogP) is 0.456. The van der Waals surface area contributed by atoms with E-state index in [0.717, 1.165) is 29.9 Å². The number of hydrogen-bond acceptors (Lipinski definition) is 4. The van der Waals surface area contributed by atoms with Crippen molar-refractivity contribution < 1.29 is 8.42 Å². The summed E-state index contributed by atoms with van der Waals surface area (Å²) in [5, 5.41) is 7.27.